The van der Waals surface area contributed by atoms with Crippen molar-refractivity contribution in [3.05, 3.63) is 59.9 Å². The van der Waals surface area contributed by atoms with Gasteiger partial charge in [-0.1, -0.05) is 0 Å². The third-order valence-corrected chi connectivity index (χ3v) is 3.80. The molecule has 9 heteroatoms. The molecule has 1 atom stereocenters. The van der Waals surface area contributed by atoms with Gasteiger partial charge in [-0.25, -0.2) is 0 Å². The van der Waals surface area contributed by atoms with Crippen molar-refractivity contribution in [1.82, 2.24) is 9.99 Å². The van der Waals surface area contributed by atoms with Gasteiger partial charge >= 0.3 is 6.18 Å². The molecule has 0 radical (unpaired) electrons. The van der Waals surface area contributed by atoms with Gasteiger partial charge in [0.25, 0.3) is 11.6 Å². The van der Waals surface area contributed by atoms with E-state index in [-0.39, 0.29) is 16.3 Å². The fourth-order valence-corrected chi connectivity index (χ4v) is 2.43. The van der Waals surface area contributed by atoms with Gasteiger partial charge < -0.3 is 10.8 Å². The molecule has 3 N–H and O–H groups in total. The Balaban J connectivity index is 2.04. The third-order valence-electron chi connectivity index (χ3n) is 3.80. The van der Waals surface area contributed by atoms with Crippen LogP contribution in [0, 0.1) is 0 Å². The van der Waals surface area contributed by atoms with Gasteiger partial charge in [-0.2, -0.15) is 23.3 Å². The number of hydrogen-bond acceptors (Lipinski definition) is 5. The number of nitrogens with zero attached hydrogens (tertiary/aromatic N) is 3. The maximum absolute atomic E-state index is 13.5. The van der Waals surface area contributed by atoms with Crippen LogP contribution in [0.5, 0.6) is 0 Å². The van der Waals surface area contributed by atoms with E-state index in [1.165, 1.54) is 48.8 Å². The maximum Gasteiger partial charge on any atom is 0.438 e. The van der Waals surface area contributed by atoms with Crippen molar-refractivity contribution in [2.75, 3.05) is 5.73 Å². The summed E-state index contributed by atoms with van der Waals surface area (Å²) in [5.41, 5.74) is 2.64. The zero-order valence-corrected chi connectivity index (χ0v) is 12.7. The van der Waals surface area contributed by atoms with Crippen molar-refractivity contribution in [3.63, 3.8) is 0 Å². The second-order valence-electron chi connectivity index (χ2n) is 5.51. The second-order valence-corrected chi connectivity index (χ2v) is 5.51. The molecule has 1 aliphatic heterocycles. The Bertz CT molecular complexity index is 822. The normalized spacial score (nSPS) is 20.5. The number of rotatable bonds is 2. The number of hydrogen-bond donors (Lipinski definition) is 2. The smallest absolute Gasteiger partial charge is 0.399 e. The van der Waals surface area contributed by atoms with Crippen molar-refractivity contribution in [2.24, 2.45) is 5.10 Å². The van der Waals surface area contributed by atoms with Crippen molar-refractivity contribution in [3.8, 4) is 0 Å². The number of alkyl halides is 3. The number of aromatic nitrogens is 1. The molecule has 0 bridgehead atoms. The summed E-state index contributed by atoms with van der Waals surface area (Å²) in [5.74, 6) is -1.08. The van der Waals surface area contributed by atoms with Crippen molar-refractivity contribution in [1.29, 1.82) is 0 Å². The van der Waals surface area contributed by atoms with Crippen LogP contribution < -0.4 is 5.73 Å². The molecule has 2 heterocycles. The highest BCUT2D eigenvalue weighted by Gasteiger charge is 2.63. The monoisotopic (exact) mass is 350 g/mol. The zero-order chi connectivity index (χ0) is 18.2. The van der Waals surface area contributed by atoms with E-state index in [0.29, 0.717) is 11.3 Å². The van der Waals surface area contributed by atoms with Gasteiger partial charge in [0, 0.05) is 29.2 Å². The summed E-state index contributed by atoms with van der Waals surface area (Å²) in [6.07, 6.45) is -3.19. The largest absolute Gasteiger partial charge is 0.438 e. The van der Waals surface area contributed by atoms with E-state index in [9.17, 15) is 23.1 Å². The average molecular weight is 350 g/mol. The lowest BCUT2D eigenvalue weighted by Gasteiger charge is -2.32. The van der Waals surface area contributed by atoms with Crippen LogP contribution in [0.15, 0.2) is 53.9 Å². The number of aliphatic hydroxyl groups is 1. The van der Waals surface area contributed by atoms with Crippen LogP contribution in [0.1, 0.15) is 22.3 Å². The van der Waals surface area contributed by atoms with Gasteiger partial charge in [0.05, 0.1) is 12.1 Å². The number of hydrazone groups is 1. The van der Waals surface area contributed by atoms with E-state index in [0.717, 1.165) is 0 Å². The fraction of sp³-hybridized carbons (Fsp3) is 0.188. The molecule has 1 amide bonds. The molecular weight excluding hydrogens is 337 g/mol. The Labute approximate surface area is 140 Å². The number of carbonyl (C=O) groups excluding carboxylic acids is 1. The van der Waals surface area contributed by atoms with E-state index in [1.807, 2.05) is 0 Å². The van der Waals surface area contributed by atoms with Gasteiger partial charge in [0.1, 0.15) is 0 Å². The molecule has 0 spiro atoms. The first-order valence-corrected chi connectivity index (χ1v) is 7.19. The standard InChI is InChI=1S/C16H13F3N4O2/c17-16(18,19)15(25)9-13(10-5-7-21-8-6-10)22-23(15)14(24)11-1-3-12(20)4-2-11/h1-8,25H,9,20H2/t15-/m1/s1. The van der Waals surface area contributed by atoms with Crippen LogP contribution in [0.3, 0.4) is 0 Å². The predicted molar refractivity (Wildman–Crippen MR) is 83.4 cm³/mol. The lowest BCUT2D eigenvalue weighted by atomic mass is 10.0. The number of benzene rings is 1. The van der Waals surface area contributed by atoms with Gasteiger partial charge in [-0.3, -0.25) is 9.78 Å². The molecule has 1 aromatic carbocycles. The van der Waals surface area contributed by atoms with Gasteiger partial charge in [0.2, 0.25) is 0 Å². The maximum atomic E-state index is 13.5. The summed E-state index contributed by atoms with van der Waals surface area (Å²) >= 11 is 0. The SMILES string of the molecule is Nc1ccc(C(=O)N2N=C(c3ccncc3)C[C@@]2(O)C(F)(F)F)cc1. The van der Waals surface area contributed by atoms with Crippen LogP contribution >= 0.6 is 0 Å². The number of halogens is 3. The van der Waals surface area contributed by atoms with Crippen LogP contribution in [0.2, 0.25) is 0 Å². The molecule has 0 aliphatic carbocycles. The molecule has 0 unspecified atom stereocenters. The van der Waals surface area contributed by atoms with E-state index >= 15 is 0 Å². The first kappa shape index (κ1) is 16.9. The molecular formula is C16H13F3N4O2. The van der Waals surface area contributed by atoms with E-state index in [4.69, 9.17) is 5.73 Å². The lowest BCUT2D eigenvalue weighted by Crippen LogP contribution is -2.56. The summed E-state index contributed by atoms with van der Waals surface area (Å²) in [6.45, 7) is 0. The summed E-state index contributed by atoms with van der Waals surface area (Å²) in [4.78, 5) is 16.3. The predicted octanol–water partition coefficient (Wildman–Crippen LogP) is 2.16. The van der Waals surface area contributed by atoms with Crippen LogP contribution in [-0.4, -0.2) is 38.6 Å². The third kappa shape index (κ3) is 2.93. The minimum absolute atomic E-state index is 0.0639. The van der Waals surface area contributed by atoms with E-state index in [2.05, 4.69) is 10.1 Å². The Morgan fingerprint density at radius 1 is 1.16 bits per heavy atom. The molecule has 2 aromatic rings. The molecule has 0 fully saturated rings. The number of nitrogens with two attached hydrogens (primary N) is 1. The highest BCUT2D eigenvalue weighted by Crippen LogP contribution is 2.41. The summed E-state index contributed by atoms with van der Waals surface area (Å²) in [7, 11) is 0. The number of carbonyl (C=O) groups is 1. The summed E-state index contributed by atoms with van der Waals surface area (Å²) < 4.78 is 40.4. The summed E-state index contributed by atoms with van der Waals surface area (Å²) in [5, 5.41) is 14.1. The Hall–Kier alpha value is -2.94. The fourth-order valence-electron chi connectivity index (χ4n) is 2.43. The van der Waals surface area contributed by atoms with Crippen LogP contribution in [0.25, 0.3) is 0 Å². The first-order chi connectivity index (χ1) is 11.7. The van der Waals surface area contributed by atoms with E-state index in [1.54, 1.807) is 0 Å². The van der Waals surface area contributed by atoms with Gasteiger partial charge in [0.15, 0.2) is 0 Å². The molecule has 0 saturated heterocycles. The minimum atomic E-state index is -5.09. The molecule has 6 nitrogen and oxygen atoms in total. The lowest BCUT2D eigenvalue weighted by molar-refractivity contribution is -0.297. The topological polar surface area (TPSA) is 91.8 Å². The number of pyridine rings is 1. The summed E-state index contributed by atoms with van der Waals surface area (Å²) in [6, 6.07) is 8.20. The molecule has 25 heavy (non-hydrogen) atoms. The van der Waals surface area contributed by atoms with Crippen LogP contribution in [-0.2, 0) is 0 Å². The van der Waals surface area contributed by atoms with Gasteiger partial charge in [-0.15, -0.1) is 0 Å². The van der Waals surface area contributed by atoms with Crippen LogP contribution in [0.4, 0.5) is 18.9 Å². The zero-order valence-electron chi connectivity index (χ0n) is 12.7. The number of anilines is 1. The quantitative estimate of drug-likeness (QED) is 0.812. The number of nitrogen functional groups attached to an aromatic ring is 1. The minimum Gasteiger partial charge on any atom is -0.399 e. The Kier molecular flexibility index (Phi) is 3.96. The van der Waals surface area contributed by atoms with E-state index < -0.39 is 24.2 Å². The highest BCUT2D eigenvalue weighted by atomic mass is 19.4. The molecule has 1 aromatic heterocycles. The average Bonchev–Trinajstić information content (AvgIpc) is 2.95. The number of amides is 1. The van der Waals surface area contributed by atoms with Crippen molar-refractivity contribution >= 4 is 17.3 Å². The molecule has 1 aliphatic rings. The molecule has 3 rings (SSSR count). The van der Waals surface area contributed by atoms with Gasteiger partial charge in [-0.05, 0) is 36.4 Å². The second kappa shape index (κ2) is 5.85. The van der Waals surface area contributed by atoms with Crippen molar-refractivity contribution in [2.45, 2.75) is 18.3 Å². The van der Waals surface area contributed by atoms with Crippen molar-refractivity contribution < 1.29 is 23.1 Å². The Morgan fingerprint density at radius 3 is 2.32 bits per heavy atom. The first-order valence-electron chi connectivity index (χ1n) is 7.19. The Morgan fingerprint density at radius 2 is 1.76 bits per heavy atom. The highest BCUT2D eigenvalue weighted by molar-refractivity contribution is 6.05. The molecule has 0 saturated carbocycles. The molecule has 130 valence electrons.